The van der Waals surface area contributed by atoms with Crippen molar-refractivity contribution in [2.24, 2.45) is 5.73 Å². The first-order chi connectivity index (χ1) is 10.0. The molecule has 0 saturated carbocycles. The first kappa shape index (κ1) is 15.3. The minimum Gasteiger partial charge on any atom is -0.353 e. The second-order valence-electron chi connectivity index (χ2n) is 4.75. The van der Waals surface area contributed by atoms with E-state index >= 15 is 0 Å². The van der Waals surface area contributed by atoms with Crippen LogP contribution in [0.2, 0.25) is 0 Å². The van der Waals surface area contributed by atoms with E-state index in [2.05, 4.69) is 0 Å². The summed E-state index contributed by atoms with van der Waals surface area (Å²) in [5.41, 5.74) is 7.04. The molecule has 0 fully saturated rings. The van der Waals surface area contributed by atoms with Crippen LogP contribution in [-0.4, -0.2) is 25.3 Å². The third kappa shape index (κ3) is 3.94. The Balaban J connectivity index is 2.04. The highest BCUT2D eigenvalue weighted by Gasteiger charge is 2.14. The maximum atomic E-state index is 12.2. The van der Waals surface area contributed by atoms with E-state index in [0.717, 1.165) is 12.0 Å². The van der Waals surface area contributed by atoms with Crippen molar-refractivity contribution < 1.29 is 8.42 Å². The van der Waals surface area contributed by atoms with Gasteiger partial charge in [0.05, 0.1) is 22.3 Å². The summed E-state index contributed by atoms with van der Waals surface area (Å²) in [5.74, 6) is 0.0235. The molecule has 1 aromatic carbocycles. The van der Waals surface area contributed by atoms with Gasteiger partial charge in [-0.1, -0.05) is 0 Å². The minimum absolute atomic E-state index is 0.0235. The van der Waals surface area contributed by atoms with E-state index in [0.29, 0.717) is 18.7 Å². The Morgan fingerprint density at radius 2 is 1.90 bits per heavy atom. The number of aryl methyl sites for hydroxylation is 1. The predicted octanol–water partition coefficient (Wildman–Crippen LogP) is 1.33. The van der Waals surface area contributed by atoms with Crippen LogP contribution in [0.5, 0.6) is 0 Å². The van der Waals surface area contributed by atoms with Crippen LogP contribution in [0.15, 0.2) is 47.6 Å². The van der Waals surface area contributed by atoms with Crippen LogP contribution in [0.4, 0.5) is 0 Å². The summed E-state index contributed by atoms with van der Waals surface area (Å²) in [6.45, 7) is 0.973. The van der Waals surface area contributed by atoms with E-state index in [1.165, 1.54) is 24.3 Å². The topological polar surface area (TPSA) is 88.9 Å². The quantitative estimate of drug-likeness (QED) is 0.872. The van der Waals surface area contributed by atoms with Crippen LogP contribution in [0.3, 0.4) is 0 Å². The van der Waals surface area contributed by atoms with Crippen molar-refractivity contribution in [2.75, 3.05) is 12.3 Å². The van der Waals surface area contributed by atoms with Crippen LogP contribution < -0.4 is 5.73 Å². The molecule has 2 aromatic rings. The van der Waals surface area contributed by atoms with Gasteiger partial charge in [0.1, 0.15) is 0 Å². The summed E-state index contributed by atoms with van der Waals surface area (Å²) in [4.78, 5) is 0.246. The van der Waals surface area contributed by atoms with E-state index in [1.54, 1.807) is 0 Å². The van der Waals surface area contributed by atoms with Gasteiger partial charge in [-0.3, -0.25) is 0 Å². The molecule has 0 aliphatic heterocycles. The Hall–Kier alpha value is -2.10. The molecule has 0 spiro atoms. The Bertz CT molecular complexity index is 740. The van der Waals surface area contributed by atoms with Gasteiger partial charge in [-0.25, -0.2) is 8.42 Å². The molecule has 0 aliphatic carbocycles. The molecule has 0 bridgehead atoms. The third-order valence-electron chi connectivity index (χ3n) is 3.21. The zero-order valence-electron chi connectivity index (χ0n) is 11.6. The van der Waals surface area contributed by atoms with Gasteiger partial charge in [-0.15, -0.1) is 0 Å². The molecule has 2 rings (SSSR count). The maximum Gasteiger partial charge on any atom is 0.180 e. The number of hydrogen-bond donors (Lipinski definition) is 1. The van der Waals surface area contributed by atoms with Crippen LogP contribution in [0.1, 0.15) is 11.1 Å². The molecule has 110 valence electrons. The Morgan fingerprint density at radius 1 is 1.19 bits per heavy atom. The molecular formula is C15H17N3O2S. The average molecular weight is 303 g/mol. The van der Waals surface area contributed by atoms with Gasteiger partial charge >= 0.3 is 0 Å². The van der Waals surface area contributed by atoms with Crippen molar-refractivity contribution in [1.82, 2.24) is 4.57 Å². The summed E-state index contributed by atoms with van der Waals surface area (Å²) in [5, 5.41) is 8.72. The van der Waals surface area contributed by atoms with Crippen LogP contribution >= 0.6 is 0 Å². The fourth-order valence-corrected chi connectivity index (χ4v) is 3.26. The maximum absolute atomic E-state index is 12.2. The number of nitrogens with two attached hydrogens (primary N) is 1. The second-order valence-corrected chi connectivity index (χ2v) is 6.86. The number of sulfone groups is 1. The Kier molecular flexibility index (Phi) is 4.78. The lowest BCUT2D eigenvalue weighted by molar-refractivity contribution is 0.589. The van der Waals surface area contributed by atoms with E-state index in [9.17, 15) is 8.42 Å². The molecule has 0 atom stereocenters. The van der Waals surface area contributed by atoms with Gasteiger partial charge in [0.2, 0.25) is 0 Å². The standard InChI is InChI=1S/C15H17N3O2S/c16-7-5-14-6-8-18(12-14)9-10-21(19,20)15-3-1-13(11-17)2-4-15/h1-4,6,8,12H,5,7,9-10,16H2. The van der Waals surface area contributed by atoms with Crippen LogP contribution in [-0.2, 0) is 22.8 Å². The molecule has 0 unspecified atom stereocenters. The monoisotopic (exact) mass is 303 g/mol. The summed E-state index contributed by atoms with van der Waals surface area (Å²) in [6, 6.07) is 9.90. The lowest BCUT2D eigenvalue weighted by Gasteiger charge is -2.05. The Morgan fingerprint density at radius 3 is 2.52 bits per heavy atom. The van der Waals surface area contributed by atoms with Gasteiger partial charge in [0.25, 0.3) is 0 Å². The van der Waals surface area contributed by atoms with E-state index in [4.69, 9.17) is 11.0 Å². The van der Waals surface area contributed by atoms with E-state index in [1.807, 2.05) is 29.1 Å². The number of hydrogen-bond acceptors (Lipinski definition) is 4. The van der Waals surface area contributed by atoms with Gasteiger partial charge in [0.15, 0.2) is 9.84 Å². The van der Waals surface area contributed by atoms with Crippen molar-refractivity contribution in [3.63, 3.8) is 0 Å². The van der Waals surface area contributed by atoms with Gasteiger partial charge in [-0.05, 0) is 48.9 Å². The predicted molar refractivity (Wildman–Crippen MR) is 80.4 cm³/mol. The van der Waals surface area contributed by atoms with E-state index in [-0.39, 0.29) is 10.6 Å². The molecular weight excluding hydrogens is 286 g/mol. The molecule has 2 N–H and O–H groups in total. The normalized spacial score (nSPS) is 11.2. The third-order valence-corrected chi connectivity index (χ3v) is 4.92. The van der Waals surface area contributed by atoms with Crippen LogP contribution in [0.25, 0.3) is 0 Å². The number of rotatable bonds is 6. The first-order valence-electron chi connectivity index (χ1n) is 6.63. The molecule has 0 saturated heterocycles. The van der Waals surface area contributed by atoms with Crippen molar-refractivity contribution in [3.8, 4) is 6.07 Å². The van der Waals surface area contributed by atoms with Gasteiger partial charge in [0, 0.05) is 18.9 Å². The molecule has 0 amide bonds. The van der Waals surface area contributed by atoms with Crippen molar-refractivity contribution >= 4 is 9.84 Å². The Labute approximate surface area is 124 Å². The van der Waals surface area contributed by atoms with Crippen LogP contribution in [0, 0.1) is 11.3 Å². The average Bonchev–Trinajstić information content (AvgIpc) is 2.93. The lowest BCUT2D eigenvalue weighted by atomic mass is 10.2. The lowest BCUT2D eigenvalue weighted by Crippen LogP contribution is -2.12. The number of aromatic nitrogens is 1. The molecule has 6 heteroatoms. The summed E-state index contributed by atoms with van der Waals surface area (Å²) >= 11 is 0. The summed E-state index contributed by atoms with van der Waals surface area (Å²) in [7, 11) is -3.34. The second kappa shape index (κ2) is 6.57. The summed E-state index contributed by atoms with van der Waals surface area (Å²) < 4.78 is 26.3. The summed E-state index contributed by atoms with van der Waals surface area (Å²) in [6.07, 6.45) is 4.57. The fourth-order valence-electron chi connectivity index (χ4n) is 2.02. The van der Waals surface area contributed by atoms with Crippen molar-refractivity contribution in [1.29, 1.82) is 5.26 Å². The molecule has 1 aromatic heterocycles. The molecule has 1 heterocycles. The molecule has 0 radical (unpaired) electrons. The van der Waals surface area contributed by atoms with Crippen molar-refractivity contribution in [3.05, 3.63) is 53.9 Å². The largest absolute Gasteiger partial charge is 0.353 e. The number of nitrogens with zero attached hydrogens (tertiary/aromatic N) is 2. The number of benzene rings is 1. The highest BCUT2D eigenvalue weighted by Crippen LogP contribution is 2.13. The molecule has 5 nitrogen and oxygen atoms in total. The zero-order valence-corrected chi connectivity index (χ0v) is 12.4. The van der Waals surface area contributed by atoms with E-state index < -0.39 is 9.84 Å². The minimum atomic E-state index is -3.34. The highest BCUT2D eigenvalue weighted by atomic mass is 32.2. The van der Waals surface area contributed by atoms with Gasteiger partial charge in [-0.2, -0.15) is 5.26 Å². The molecule has 0 aliphatic rings. The number of nitriles is 1. The zero-order chi connectivity index (χ0) is 15.3. The first-order valence-corrected chi connectivity index (χ1v) is 8.28. The van der Waals surface area contributed by atoms with Crippen molar-refractivity contribution in [2.45, 2.75) is 17.9 Å². The highest BCUT2D eigenvalue weighted by molar-refractivity contribution is 7.91. The fraction of sp³-hybridized carbons (Fsp3) is 0.267. The SMILES string of the molecule is N#Cc1ccc(S(=O)(=O)CCn2ccc(CCN)c2)cc1. The molecule has 21 heavy (non-hydrogen) atoms. The smallest absolute Gasteiger partial charge is 0.180 e. The van der Waals surface area contributed by atoms with Gasteiger partial charge < -0.3 is 10.3 Å².